The van der Waals surface area contributed by atoms with Gasteiger partial charge in [0.15, 0.2) is 0 Å². The molecule has 100 valence electrons. The lowest BCUT2D eigenvalue weighted by molar-refractivity contribution is -0.122. The number of hydrogen-bond acceptors (Lipinski definition) is 4. The molecule has 0 aromatic heterocycles. The van der Waals surface area contributed by atoms with Crippen LogP contribution in [0.4, 0.5) is 10.5 Å². The van der Waals surface area contributed by atoms with Gasteiger partial charge in [-0.15, -0.1) is 0 Å². The second-order valence-electron chi connectivity index (χ2n) is 4.41. The maximum Gasteiger partial charge on any atom is 0.293 e. The van der Waals surface area contributed by atoms with E-state index in [0.717, 1.165) is 23.0 Å². The molecule has 0 saturated carbocycles. The van der Waals surface area contributed by atoms with Crippen molar-refractivity contribution in [2.24, 2.45) is 0 Å². The minimum absolute atomic E-state index is 0.191. The van der Waals surface area contributed by atoms with Gasteiger partial charge in [-0.2, -0.15) is 0 Å². The lowest BCUT2D eigenvalue weighted by atomic mass is 10.2. The Kier molecular flexibility index (Phi) is 3.95. The highest BCUT2D eigenvalue weighted by Crippen LogP contribution is 2.32. The predicted octanol–water partition coefficient (Wildman–Crippen LogP) is 2.81. The van der Waals surface area contributed by atoms with Crippen LogP contribution < -0.4 is 4.90 Å². The number of carbonyl (C=O) groups is 2. The van der Waals surface area contributed by atoms with E-state index < -0.39 is 0 Å². The Morgan fingerprint density at radius 3 is 2.32 bits per heavy atom. The number of benzene rings is 1. The van der Waals surface area contributed by atoms with Crippen LogP contribution in [-0.4, -0.2) is 36.7 Å². The molecule has 1 fully saturated rings. The lowest BCUT2D eigenvalue weighted by Gasteiger charge is -2.11. The Morgan fingerprint density at radius 2 is 1.84 bits per heavy atom. The molecule has 0 radical (unpaired) electrons. The third kappa shape index (κ3) is 2.81. The largest absolute Gasteiger partial charge is 0.378 e. The molecule has 0 aliphatic carbocycles. The third-order valence-corrected chi connectivity index (χ3v) is 3.80. The van der Waals surface area contributed by atoms with Gasteiger partial charge in [0.1, 0.15) is 0 Å². The van der Waals surface area contributed by atoms with Gasteiger partial charge in [0, 0.05) is 26.3 Å². The molecular weight excluding hydrogens is 260 g/mol. The molecule has 1 aromatic rings. The molecular formula is C14H16N2O2S. The van der Waals surface area contributed by atoms with E-state index in [1.807, 2.05) is 43.3 Å². The topological polar surface area (TPSA) is 40.6 Å². The third-order valence-electron chi connectivity index (χ3n) is 2.90. The number of rotatable bonds is 3. The highest BCUT2D eigenvalue weighted by atomic mass is 32.2. The van der Waals surface area contributed by atoms with Crippen LogP contribution in [-0.2, 0) is 4.79 Å². The second-order valence-corrected chi connectivity index (χ2v) is 5.41. The van der Waals surface area contributed by atoms with Gasteiger partial charge in [-0.05, 0) is 42.5 Å². The van der Waals surface area contributed by atoms with Crippen LogP contribution in [0, 0.1) is 0 Å². The Bertz CT molecular complexity index is 535. The normalized spacial score (nSPS) is 17.4. The van der Waals surface area contributed by atoms with Crippen molar-refractivity contribution in [3.63, 3.8) is 0 Å². The first kappa shape index (κ1) is 13.7. The smallest absolute Gasteiger partial charge is 0.293 e. The van der Waals surface area contributed by atoms with Gasteiger partial charge >= 0.3 is 0 Å². The standard InChI is InChI=1S/C14H16N2O2S/c1-4-16-13(17)12(19-14(16)18)9-10-5-7-11(8-6-10)15(2)3/h5-9H,4H2,1-3H3. The average Bonchev–Trinajstić information content (AvgIpc) is 2.64. The average molecular weight is 276 g/mol. The first-order valence-electron chi connectivity index (χ1n) is 6.05. The number of hydrogen-bond donors (Lipinski definition) is 0. The zero-order valence-corrected chi connectivity index (χ0v) is 12.0. The fourth-order valence-corrected chi connectivity index (χ4v) is 2.70. The molecule has 1 aromatic carbocycles. The summed E-state index contributed by atoms with van der Waals surface area (Å²) in [7, 11) is 3.95. The molecule has 5 heteroatoms. The van der Waals surface area contributed by atoms with Gasteiger partial charge in [-0.3, -0.25) is 14.5 Å². The van der Waals surface area contributed by atoms with Crippen LogP contribution in [0.2, 0.25) is 0 Å². The van der Waals surface area contributed by atoms with Crippen molar-refractivity contribution in [3.8, 4) is 0 Å². The van der Waals surface area contributed by atoms with E-state index in [1.165, 1.54) is 4.90 Å². The van der Waals surface area contributed by atoms with Crippen LogP contribution in [0.15, 0.2) is 29.2 Å². The second kappa shape index (κ2) is 5.48. The summed E-state index contributed by atoms with van der Waals surface area (Å²) in [4.78, 5) is 27.3. The van der Waals surface area contributed by atoms with Gasteiger partial charge in [-0.25, -0.2) is 0 Å². The van der Waals surface area contributed by atoms with E-state index in [9.17, 15) is 9.59 Å². The van der Waals surface area contributed by atoms with E-state index >= 15 is 0 Å². The molecule has 0 N–H and O–H groups in total. The molecule has 0 bridgehead atoms. The van der Waals surface area contributed by atoms with E-state index in [0.29, 0.717) is 11.4 Å². The van der Waals surface area contributed by atoms with Crippen molar-refractivity contribution in [2.45, 2.75) is 6.92 Å². The van der Waals surface area contributed by atoms with Crippen molar-refractivity contribution in [1.29, 1.82) is 0 Å². The van der Waals surface area contributed by atoms with Gasteiger partial charge < -0.3 is 4.90 Å². The molecule has 19 heavy (non-hydrogen) atoms. The maximum absolute atomic E-state index is 11.9. The Labute approximate surface area is 117 Å². The first-order chi connectivity index (χ1) is 9.02. The zero-order chi connectivity index (χ0) is 14.0. The number of amides is 2. The number of imide groups is 1. The summed E-state index contributed by atoms with van der Waals surface area (Å²) in [6.07, 6.45) is 1.76. The maximum atomic E-state index is 11.9. The number of thioether (sulfide) groups is 1. The van der Waals surface area contributed by atoms with Gasteiger partial charge in [0.2, 0.25) is 0 Å². The van der Waals surface area contributed by atoms with Crippen molar-refractivity contribution in [1.82, 2.24) is 4.90 Å². The van der Waals surface area contributed by atoms with E-state index in [4.69, 9.17) is 0 Å². The summed E-state index contributed by atoms with van der Waals surface area (Å²) in [5, 5.41) is -0.191. The van der Waals surface area contributed by atoms with Crippen LogP contribution in [0.3, 0.4) is 0 Å². The Hall–Kier alpha value is -1.75. The fraction of sp³-hybridized carbons (Fsp3) is 0.286. The lowest BCUT2D eigenvalue weighted by Crippen LogP contribution is -2.27. The highest BCUT2D eigenvalue weighted by Gasteiger charge is 2.33. The Morgan fingerprint density at radius 1 is 1.21 bits per heavy atom. The number of anilines is 1. The minimum atomic E-state index is -0.200. The van der Waals surface area contributed by atoms with Gasteiger partial charge in [0.05, 0.1) is 4.91 Å². The summed E-state index contributed by atoms with van der Waals surface area (Å²) in [5.74, 6) is -0.200. The zero-order valence-electron chi connectivity index (χ0n) is 11.2. The van der Waals surface area contributed by atoms with Crippen molar-refractivity contribution < 1.29 is 9.59 Å². The molecule has 0 unspecified atom stereocenters. The summed E-state index contributed by atoms with van der Waals surface area (Å²) in [5.41, 5.74) is 2.02. The summed E-state index contributed by atoms with van der Waals surface area (Å²) in [6.45, 7) is 2.22. The number of nitrogens with zero attached hydrogens (tertiary/aromatic N) is 2. The minimum Gasteiger partial charge on any atom is -0.378 e. The molecule has 0 spiro atoms. The summed E-state index contributed by atoms with van der Waals surface area (Å²) < 4.78 is 0. The van der Waals surface area contributed by atoms with Crippen molar-refractivity contribution in [2.75, 3.05) is 25.5 Å². The van der Waals surface area contributed by atoms with Crippen LogP contribution in [0.25, 0.3) is 6.08 Å². The van der Waals surface area contributed by atoms with Crippen molar-refractivity contribution >= 4 is 34.7 Å². The van der Waals surface area contributed by atoms with Crippen molar-refractivity contribution in [3.05, 3.63) is 34.7 Å². The molecule has 1 heterocycles. The van der Waals surface area contributed by atoms with Crippen LogP contribution in [0.5, 0.6) is 0 Å². The van der Waals surface area contributed by atoms with E-state index in [-0.39, 0.29) is 11.1 Å². The van der Waals surface area contributed by atoms with Gasteiger partial charge in [0.25, 0.3) is 11.1 Å². The SMILES string of the molecule is CCN1C(=O)SC(=Cc2ccc(N(C)C)cc2)C1=O. The fourth-order valence-electron chi connectivity index (χ4n) is 1.79. The first-order valence-corrected chi connectivity index (χ1v) is 6.87. The molecule has 0 atom stereocenters. The molecule has 1 aliphatic rings. The molecule has 4 nitrogen and oxygen atoms in total. The molecule has 2 rings (SSSR count). The molecule has 2 amide bonds. The molecule has 1 saturated heterocycles. The Balaban J connectivity index is 2.22. The number of likely N-dealkylation sites (N-methyl/N-ethyl adjacent to an activating group) is 1. The van der Waals surface area contributed by atoms with Crippen LogP contribution in [0.1, 0.15) is 12.5 Å². The quantitative estimate of drug-likeness (QED) is 0.796. The van der Waals surface area contributed by atoms with Crippen LogP contribution >= 0.6 is 11.8 Å². The van der Waals surface area contributed by atoms with E-state index in [1.54, 1.807) is 13.0 Å². The highest BCUT2D eigenvalue weighted by molar-refractivity contribution is 8.18. The van der Waals surface area contributed by atoms with Gasteiger partial charge in [-0.1, -0.05) is 12.1 Å². The predicted molar refractivity (Wildman–Crippen MR) is 79.1 cm³/mol. The number of carbonyl (C=O) groups excluding carboxylic acids is 2. The van der Waals surface area contributed by atoms with E-state index in [2.05, 4.69) is 0 Å². The summed E-state index contributed by atoms with van der Waals surface area (Å²) >= 11 is 1.000. The monoisotopic (exact) mass is 276 g/mol. The summed E-state index contributed by atoms with van der Waals surface area (Å²) in [6, 6.07) is 7.84. The molecule has 1 aliphatic heterocycles.